The van der Waals surface area contributed by atoms with E-state index in [2.05, 4.69) is 5.32 Å². The summed E-state index contributed by atoms with van der Waals surface area (Å²) >= 11 is 6.15. The molecule has 0 aliphatic heterocycles. The van der Waals surface area contributed by atoms with Gasteiger partial charge < -0.3 is 19.5 Å². The standard InChI is InChI=1S/C16H16ClNO4/c1-20-11-6-4-5-10(7-11)16(19)18-13-9-15(22-3)14(21-2)8-12(13)17/h4-9H,1-3H3,(H,18,19). The molecule has 0 heterocycles. The van der Waals surface area contributed by atoms with Gasteiger partial charge in [0, 0.05) is 17.7 Å². The molecule has 0 radical (unpaired) electrons. The molecule has 5 nitrogen and oxygen atoms in total. The van der Waals surface area contributed by atoms with Gasteiger partial charge in [0.05, 0.1) is 32.0 Å². The second-order valence-electron chi connectivity index (χ2n) is 4.37. The molecule has 0 unspecified atom stereocenters. The zero-order valence-electron chi connectivity index (χ0n) is 12.5. The monoisotopic (exact) mass is 321 g/mol. The zero-order valence-corrected chi connectivity index (χ0v) is 13.2. The summed E-state index contributed by atoms with van der Waals surface area (Å²) in [4.78, 5) is 12.3. The third-order valence-electron chi connectivity index (χ3n) is 3.05. The molecular formula is C16H16ClNO4. The molecule has 0 atom stereocenters. The third-order valence-corrected chi connectivity index (χ3v) is 3.37. The number of nitrogens with one attached hydrogen (secondary N) is 1. The summed E-state index contributed by atoms with van der Waals surface area (Å²) in [6.45, 7) is 0. The highest BCUT2D eigenvalue weighted by molar-refractivity contribution is 6.34. The summed E-state index contributed by atoms with van der Waals surface area (Å²) < 4.78 is 15.5. The number of hydrogen-bond acceptors (Lipinski definition) is 4. The maximum absolute atomic E-state index is 12.3. The van der Waals surface area contributed by atoms with Gasteiger partial charge in [-0.1, -0.05) is 17.7 Å². The topological polar surface area (TPSA) is 56.8 Å². The van der Waals surface area contributed by atoms with Crippen LogP contribution in [-0.4, -0.2) is 27.2 Å². The molecule has 0 saturated carbocycles. The molecule has 0 aliphatic rings. The molecule has 6 heteroatoms. The van der Waals surface area contributed by atoms with Gasteiger partial charge >= 0.3 is 0 Å². The normalized spacial score (nSPS) is 10.0. The van der Waals surface area contributed by atoms with E-state index >= 15 is 0 Å². The van der Waals surface area contributed by atoms with E-state index < -0.39 is 0 Å². The molecule has 0 bridgehead atoms. The summed E-state index contributed by atoms with van der Waals surface area (Å²) in [5.74, 6) is 1.28. The predicted octanol–water partition coefficient (Wildman–Crippen LogP) is 3.62. The highest BCUT2D eigenvalue weighted by Crippen LogP contribution is 2.36. The van der Waals surface area contributed by atoms with Gasteiger partial charge in [-0.05, 0) is 18.2 Å². The van der Waals surface area contributed by atoms with Gasteiger partial charge in [0.1, 0.15) is 5.75 Å². The Bertz CT molecular complexity index is 688. The fourth-order valence-electron chi connectivity index (χ4n) is 1.91. The molecular weight excluding hydrogens is 306 g/mol. The summed E-state index contributed by atoms with van der Waals surface area (Å²) in [7, 11) is 4.57. The molecule has 1 amide bonds. The second kappa shape index (κ2) is 7.04. The summed E-state index contributed by atoms with van der Waals surface area (Å²) in [6.07, 6.45) is 0. The first kappa shape index (κ1) is 16.0. The smallest absolute Gasteiger partial charge is 0.255 e. The van der Waals surface area contributed by atoms with Crippen molar-refractivity contribution in [1.82, 2.24) is 0 Å². The summed E-state index contributed by atoms with van der Waals surface area (Å²) in [5, 5.41) is 3.10. The van der Waals surface area contributed by atoms with Crippen LogP contribution in [0.4, 0.5) is 5.69 Å². The highest BCUT2D eigenvalue weighted by Gasteiger charge is 2.13. The fraction of sp³-hybridized carbons (Fsp3) is 0.188. The molecule has 1 N–H and O–H groups in total. The Balaban J connectivity index is 2.27. The van der Waals surface area contributed by atoms with E-state index in [4.69, 9.17) is 25.8 Å². The molecule has 2 rings (SSSR count). The van der Waals surface area contributed by atoms with E-state index in [9.17, 15) is 4.79 Å². The van der Waals surface area contributed by atoms with Crippen molar-refractivity contribution in [3.8, 4) is 17.2 Å². The number of ether oxygens (including phenoxy) is 3. The van der Waals surface area contributed by atoms with Crippen LogP contribution in [0, 0.1) is 0 Å². The van der Waals surface area contributed by atoms with Crippen molar-refractivity contribution in [1.29, 1.82) is 0 Å². The Morgan fingerprint density at radius 3 is 2.32 bits per heavy atom. The van der Waals surface area contributed by atoms with Crippen LogP contribution in [0.3, 0.4) is 0 Å². The number of hydrogen-bond donors (Lipinski definition) is 1. The maximum Gasteiger partial charge on any atom is 0.255 e. The minimum absolute atomic E-state index is 0.298. The first-order valence-corrected chi connectivity index (χ1v) is 6.83. The molecule has 2 aromatic carbocycles. The molecule has 22 heavy (non-hydrogen) atoms. The third kappa shape index (κ3) is 3.43. The highest BCUT2D eigenvalue weighted by atomic mass is 35.5. The van der Waals surface area contributed by atoms with Crippen molar-refractivity contribution in [2.45, 2.75) is 0 Å². The molecule has 116 valence electrons. The summed E-state index contributed by atoms with van der Waals surface area (Å²) in [6, 6.07) is 10.0. The number of carbonyl (C=O) groups is 1. The minimum atomic E-state index is -0.298. The average molecular weight is 322 g/mol. The fourth-order valence-corrected chi connectivity index (χ4v) is 2.11. The van der Waals surface area contributed by atoms with E-state index in [0.717, 1.165) is 0 Å². The second-order valence-corrected chi connectivity index (χ2v) is 4.78. The molecule has 0 aromatic heterocycles. The number of methoxy groups -OCH3 is 3. The Hall–Kier alpha value is -2.40. The molecule has 0 fully saturated rings. The Kier molecular flexibility index (Phi) is 5.12. The minimum Gasteiger partial charge on any atom is -0.497 e. The van der Waals surface area contributed by atoms with Gasteiger partial charge in [0.25, 0.3) is 5.91 Å². The van der Waals surface area contributed by atoms with Crippen molar-refractivity contribution in [2.75, 3.05) is 26.6 Å². The van der Waals surface area contributed by atoms with Crippen molar-refractivity contribution in [2.24, 2.45) is 0 Å². The Labute approximate surface area is 133 Å². The van der Waals surface area contributed by atoms with E-state index in [1.807, 2.05) is 0 Å². The lowest BCUT2D eigenvalue weighted by Gasteiger charge is -2.13. The average Bonchev–Trinajstić information content (AvgIpc) is 2.56. The molecule has 0 saturated heterocycles. The van der Waals surface area contributed by atoms with Crippen molar-refractivity contribution in [3.63, 3.8) is 0 Å². The maximum atomic E-state index is 12.3. The lowest BCUT2D eigenvalue weighted by Crippen LogP contribution is -2.12. The van der Waals surface area contributed by atoms with Crippen molar-refractivity contribution >= 4 is 23.2 Å². The van der Waals surface area contributed by atoms with E-state index in [1.165, 1.54) is 14.2 Å². The number of halogens is 1. The number of benzene rings is 2. The summed E-state index contributed by atoms with van der Waals surface area (Å²) in [5.41, 5.74) is 0.900. The molecule has 2 aromatic rings. The van der Waals surface area contributed by atoms with Gasteiger partial charge in [-0.25, -0.2) is 0 Å². The number of amides is 1. The number of rotatable bonds is 5. The quantitative estimate of drug-likeness (QED) is 0.914. The number of carbonyl (C=O) groups excluding carboxylic acids is 1. The first-order valence-electron chi connectivity index (χ1n) is 6.46. The van der Waals surface area contributed by atoms with Crippen LogP contribution in [0.1, 0.15) is 10.4 Å². The van der Waals surface area contributed by atoms with Crippen LogP contribution in [0.2, 0.25) is 5.02 Å². The van der Waals surface area contributed by atoms with Crippen LogP contribution < -0.4 is 19.5 Å². The largest absolute Gasteiger partial charge is 0.497 e. The van der Waals surface area contributed by atoms with Gasteiger partial charge in [-0.3, -0.25) is 4.79 Å². The van der Waals surface area contributed by atoms with E-state index in [1.54, 1.807) is 43.5 Å². The van der Waals surface area contributed by atoms with Crippen LogP contribution >= 0.6 is 11.6 Å². The SMILES string of the molecule is COc1cccc(C(=O)Nc2cc(OC)c(OC)cc2Cl)c1. The lowest BCUT2D eigenvalue weighted by atomic mass is 10.2. The van der Waals surface area contributed by atoms with Gasteiger partial charge in [0.2, 0.25) is 0 Å². The van der Waals surface area contributed by atoms with Crippen molar-refractivity contribution in [3.05, 3.63) is 47.0 Å². The predicted molar refractivity (Wildman–Crippen MR) is 85.5 cm³/mol. The Morgan fingerprint density at radius 1 is 1.00 bits per heavy atom. The zero-order chi connectivity index (χ0) is 16.1. The van der Waals surface area contributed by atoms with Crippen molar-refractivity contribution < 1.29 is 19.0 Å². The first-order chi connectivity index (χ1) is 10.6. The number of anilines is 1. The lowest BCUT2D eigenvalue weighted by molar-refractivity contribution is 0.102. The van der Waals surface area contributed by atoms with E-state index in [0.29, 0.717) is 33.5 Å². The Morgan fingerprint density at radius 2 is 1.68 bits per heavy atom. The van der Waals surface area contributed by atoms with Crippen LogP contribution in [0.5, 0.6) is 17.2 Å². The molecule has 0 spiro atoms. The van der Waals surface area contributed by atoms with Gasteiger partial charge in [0.15, 0.2) is 11.5 Å². The molecule has 0 aliphatic carbocycles. The van der Waals surface area contributed by atoms with Crippen LogP contribution in [0.15, 0.2) is 36.4 Å². The van der Waals surface area contributed by atoms with Gasteiger partial charge in [-0.2, -0.15) is 0 Å². The van der Waals surface area contributed by atoms with E-state index in [-0.39, 0.29) is 5.91 Å². The van der Waals surface area contributed by atoms with Crippen LogP contribution in [0.25, 0.3) is 0 Å². The van der Waals surface area contributed by atoms with Gasteiger partial charge in [-0.15, -0.1) is 0 Å². The van der Waals surface area contributed by atoms with Crippen LogP contribution in [-0.2, 0) is 0 Å².